The van der Waals surface area contributed by atoms with E-state index in [4.69, 9.17) is 4.74 Å². The lowest BCUT2D eigenvalue weighted by Crippen LogP contribution is -2.16. The quantitative estimate of drug-likeness (QED) is 0.378. The summed E-state index contributed by atoms with van der Waals surface area (Å²) in [5, 5.41) is 14.0. The van der Waals surface area contributed by atoms with E-state index in [0.29, 0.717) is 21.6 Å². The van der Waals surface area contributed by atoms with Gasteiger partial charge in [0.2, 0.25) is 0 Å². The van der Waals surface area contributed by atoms with Crippen molar-refractivity contribution in [3.05, 3.63) is 66.4 Å². The van der Waals surface area contributed by atoms with Crippen molar-refractivity contribution in [3.8, 4) is 11.5 Å². The topological polar surface area (TPSA) is 118 Å². The third-order valence-corrected chi connectivity index (χ3v) is 8.19. The predicted molar refractivity (Wildman–Crippen MR) is 132 cm³/mol. The molecule has 4 rings (SSSR count). The van der Waals surface area contributed by atoms with Gasteiger partial charge < -0.3 is 15.2 Å². The number of methoxy groups -OCH3 is 1. The molecule has 0 bridgehead atoms. The predicted octanol–water partition coefficient (Wildman–Crippen LogP) is 4.88. The second kappa shape index (κ2) is 10.4. The number of aromatic hydroxyl groups is 1. The van der Waals surface area contributed by atoms with Crippen molar-refractivity contribution in [2.75, 3.05) is 17.1 Å². The van der Waals surface area contributed by atoms with Crippen molar-refractivity contribution >= 4 is 39.1 Å². The number of aromatic nitrogens is 1. The molecule has 3 N–H and O–H groups in total. The Bertz CT molecular complexity index is 1290. The number of amides is 1. The van der Waals surface area contributed by atoms with Crippen molar-refractivity contribution < 1.29 is 23.1 Å². The van der Waals surface area contributed by atoms with Crippen LogP contribution in [0.15, 0.2) is 70.7 Å². The fraction of sp³-hybridized carbons (Fsp3) is 0.250. The molecule has 0 atom stereocenters. The number of carbonyl (C=O) groups is 1. The number of nitrogens with one attached hydrogen (secondary N) is 2. The zero-order chi connectivity index (χ0) is 24.1. The van der Waals surface area contributed by atoms with Crippen LogP contribution in [-0.4, -0.2) is 36.8 Å². The molecule has 178 valence electrons. The Morgan fingerprint density at radius 2 is 1.85 bits per heavy atom. The number of sulfonamides is 1. The first-order valence-electron chi connectivity index (χ1n) is 10.8. The van der Waals surface area contributed by atoms with Gasteiger partial charge in [-0.15, -0.1) is 11.8 Å². The maximum atomic E-state index is 13.0. The van der Waals surface area contributed by atoms with E-state index in [9.17, 15) is 18.3 Å². The third-order valence-electron chi connectivity index (χ3n) is 5.47. The number of hydrogen-bond acceptors (Lipinski definition) is 7. The van der Waals surface area contributed by atoms with Gasteiger partial charge in [-0.2, -0.15) is 0 Å². The maximum absolute atomic E-state index is 13.0. The second-order valence-electron chi connectivity index (χ2n) is 7.82. The maximum Gasteiger partial charge on any atom is 0.262 e. The first-order chi connectivity index (χ1) is 16.4. The number of ether oxygens (including phenoxy) is 1. The van der Waals surface area contributed by atoms with Crippen LogP contribution < -0.4 is 14.8 Å². The molecule has 0 spiro atoms. The van der Waals surface area contributed by atoms with Gasteiger partial charge in [-0.05, 0) is 55.3 Å². The molecule has 2 aromatic carbocycles. The number of anilines is 2. The fourth-order valence-corrected chi connectivity index (χ4v) is 6.12. The monoisotopic (exact) mass is 499 g/mol. The Morgan fingerprint density at radius 3 is 2.62 bits per heavy atom. The molecule has 3 aromatic rings. The number of thioether (sulfide) groups is 1. The van der Waals surface area contributed by atoms with Crippen LogP contribution in [0.1, 0.15) is 36.0 Å². The molecule has 1 aliphatic rings. The SMILES string of the molecule is COc1ccccc1NS(=O)(=O)c1ccc(O)c(NC(=O)c2cccnc2SC2CCCC2)c1. The van der Waals surface area contributed by atoms with Gasteiger partial charge in [-0.25, -0.2) is 13.4 Å². The average Bonchev–Trinajstić information content (AvgIpc) is 3.34. The van der Waals surface area contributed by atoms with Gasteiger partial charge in [-0.1, -0.05) is 25.0 Å². The molecule has 0 radical (unpaired) electrons. The van der Waals surface area contributed by atoms with Crippen LogP contribution in [0.3, 0.4) is 0 Å². The molecule has 1 amide bonds. The molecule has 0 saturated heterocycles. The molecule has 0 unspecified atom stereocenters. The van der Waals surface area contributed by atoms with Crippen molar-refractivity contribution in [3.63, 3.8) is 0 Å². The Morgan fingerprint density at radius 1 is 1.09 bits per heavy atom. The Hall–Kier alpha value is -3.24. The molecular weight excluding hydrogens is 474 g/mol. The van der Waals surface area contributed by atoms with E-state index >= 15 is 0 Å². The molecule has 1 saturated carbocycles. The molecule has 0 aliphatic heterocycles. The lowest BCUT2D eigenvalue weighted by molar-refractivity contribution is 0.102. The van der Waals surface area contributed by atoms with Gasteiger partial charge in [-0.3, -0.25) is 9.52 Å². The highest BCUT2D eigenvalue weighted by Crippen LogP contribution is 2.36. The molecule has 1 heterocycles. The minimum absolute atomic E-state index is 0.0198. The minimum atomic E-state index is -4.02. The lowest BCUT2D eigenvalue weighted by atomic mass is 10.2. The van der Waals surface area contributed by atoms with Crippen LogP contribution in [0, 0.1) is 0 Å². The lowest BCUT2D eigenvalue weighted by Gasteiger charge is -2.14. The third kappa shape index (κ3) is 5.45. The smallest absolute Gasteiger partial charge is 0.262 e. The number of carbonyl (C=O) groups excluding carboxylic acids is 1. The van der Waals surface area contributed by atoms with Crippen LogP contribution in [0.2, 0.25) is 0 Å². The van der Waals surface area contributed by atoms with E-state index in [1.807, 2.05) is 0 Å². The van der Waals surface area contributed by atoms with Crippen molar-refractivity contribution in [2.24, 2.45) is 0 Å². The largest absolute Gasteiger partial charge is 0.506 e. The molecule has 1 aliphatic carbocycles. The highest BCUT2D eigenvalue weighted by atomic mass is 32.2. The molecule has 1 fully saturated rings. The summed E-state index contributed by atoms with van der Waals surface area (Å²) in [6.45, 7) is 0. The summed E-state index contributed by atoms with van der Waals surface area (Å²) in [6, 6.07) is 13.6. The second-order valence-corrected chi connectivity index (χ2v) is 10.8. The number of pyridine rings is 1. The van der Waals surface area contributed by atoms with Gasteiger partial charge in [0.05, 0.1) is 28.9 Å². The Labute approximate surface area is 202 Å². The number of para-hydroxylation sites is 2. The molecule has 1 aromatic heterocycles. The summed E-state index contributed by atoms with van der Waals surface area (Å²) in [5.74, 6) is -0.364. The number of nitrogens with zero attached hydrogens (tertiary/aromatic N) is 1. The summed E-state index contributed by atoms with van der Waals surface area (Å²) < 4.78 is 33.6. The average molecular weight is 500 g/mol. The summed E-state index contributed by atoms with van der Waals surface area (Å²) in [6.07, 6.45) is 6.15. The minimum Gasteiger partial charge on any atom is -0.506 e. The van der Waals surface area contributed by atoms with Crippen LogP contribution >= 0.6 is 11.8 Å². The molecular formula is C24H25N3O5S2. The Kier molecular flexibility index (Phi) is 7.28. The first-order valence-corrected chi connectivity index (χ1v) is 13.2. The number of phenols is 1. The zero-order valence-corrected chi connectivity index (χ0v) is 20.2. The summed E-state index contributed by atoms with van der Waals surface area (Å²) in [4.78, 5) is 17.3. The van der Waals surface area contributed by atoms with Crippen molar-refractivity contribution in [2.45, 2.75) is 40.9 Å². The van der Waals surface area contributed by atoms with Crippen LogP contribution in [0.25, 0.3) is 0 Å². The van der Waals surface area contributed by atoms with Crippen LogP contribution in [0.5, 0.6) is 11.5 Å². The van der Waals surface area contributed by atoms with Gasteiger partial charge in [0.15, 0.2) is 0 Å². The van der Waals surface area contributed by atoms with Crippen LogP contribution in [-0.2, 0) is 10.0 Å². The normalized spacial score (nSPS) is 14.0. The number of benzene rings is 2. The van der Waals surface area contributed by atoms with E-state index in [1.54, 1.807) is 54.4 Å². The zero-order valence-electron chi connectivity index (χ0n) is 18.5. The van der Waals surface area contributed by atoms with Crippen molar-refractivity contribution in [1.29, 1.82) is 0 Å². The fourth-order valence-electron chi connectivity index (χ4n) is 3.73. The first kappa shape index (κ1) is 23.9. The van der Waals surface area contributed by atoms with Gasteiger partial charge in [0.1, 0.15) is 16.5 Å². The van der Waals surface area contributed by atoms with Gasteiger partial charge >= 0.3 is 0 Å². The van der Waals surface area contributed by atoms with Gasteiger partial charge in [0, 0.05) is 11.4 Å². The summed E-state index contributed by atoms with van der Waals surface area (Å²) >= 11 is 1.58. The highest BCUT2D eigenvalue weighted by Gasteiger charge is 2.23. The number of hydrogen-bond donors (Lipinski definition) is 3. The highest BCUT2D eigenvalue weighted by molar-refractivity contribution is 8.00. The molecule has 10 heteroatoms. The number of rotatable bonds is 8. The van der Waals surface area contributed by atoms with Gasteiger partial charge in [0.25, 0.3) is 15.9 Å². The summed E-state index contributed by atoms with van der Waals surface area (Å²) in [5.41, 5.74) is 0.625. The molecule has 8 nitrogen and oxygen atoms in total. The van der Waals surface area contributed by atoms with E-state index in [2.05, 4.69) is 15.0 Å². The van der Waals surface area contributed by atoms with E-state index in [1.165, 1.54) is 38.2 Å². The number of phenolic OH excluding ortho intramolecular Hbond substituents is 1. The Balaban J connectivity index is 1.57. The van der Waals surface area contributed by atoms with E-state index < -0.39 is 15.9 Å². The summed E-state index contributed by atoms with van der Waals surface area (Å²) in [7, 11) is -2.57. The van der Waals surface area contributed by atoms with E-state index in [-0.39, 0.29) is 22.0 Å². The van der Waals surface area contributed by atoms with Crippen LogP contribution in [0.4, 0.5) is 11.4 Å². The standard InChI is InChI=1S/C24H25N3O5S2/c1-32-22-11-5-4-10-19(22)27-34(30,31)17-12-13-21(28)20(15-17)26-23(29)18-9-6-14-25-24(18)33-16-7-2-3-8-16/h4-6,9-16,27-28H,2-3,7-8H2,1H3,(H,26,29). The molecule has 34 heavy (non-hydrogen) atoms. The van der Waals surface area contributed by atoms with Crippen molar-refractivity contribution in [1.82, 2.24) is 4.98 Å². The van der Waals surface area contributed by atoms with E-state index in [0.717, 1.165) is 12.8 Å².